The summed E-state index contributed by atoms with van der Waals surface area (Å²) in [7, 11) is 2.09. The number of nitrogens with one attached hydrogen (secondary N) is 1. The van der Waals surface area contributed by atoms with Gasteiger partial charge >= 0.3 is 0 Å². The van der Waals surface area contributed by atoms with E-state index in [0.29, 0.717) is 6.04 Å². The minimum atomic E-state index is 0.568. The van der Waals surface area contributed by atoms with E-state index in [1.807, 2.05) is 13.0 Å². The Bertz CT molecular complexity index is 604. The first kappa shape index (κ1) is 14.1. The molecule has 0 saturated heterocycles. The highest BCUT2D eigenvalue weighted by molar-refractivity contribution is 6.32. The molecule has 0 aliphatic heterocycles. The van der Waals surface area contributed by atoms with Crippen molar-refractivity contribution >= 4 is 19.1 Å². The fraction of sp³-hybridized carbons (Fsp3) is 0.412. The molecule has 1 aliphatic rings. The van der Waals surface area contributed by atoms with E-state index in [4.69, 9.17) is 4.98 Å². The number of benzene rings is 1. The first-order chi connectivity index (χ1) is 10.2. The van der Waals surface area contributed by atoms with Gasteiger partial charge in [-0.3, -0.25) is 0 Å². The smallest absolute Gasteiger partial charge is 0.161 e. The highest BCUT2D eigenvalue weighted by Gasteiger charge is 2.14. The van der Waals surface area contributed by atoms with Gasteiger partial charge in [-0.25, -0.2) is 9.97 Å². The predicted molar refractivity (Wildman–Crippen MR) is 90.9 cm³/mol. The fourth-order valence-corrected chi connectivity index (χ4v) is 2.93. The Balaban J connectivity index is 1.83. The quantitative estimate of drug-likeness (QED) is 0.877. The molecule has 0 bridgehead atoms. The van der Waals surface area contributed by atoms with Crippen LogP contribution in [0, 0.1) is 6.92 Å². The maximum Gasteiger partial charge on any atom is 0.161 e. The van der Waals surface area contributed by atoms with Gasteiger partial charge in [0.1, 0.15) is 13.7 Å². The number of hydrogen-bond acceptors (Lipinski definition) is 3. The zero-order valence-electron chi connectivity index (χ0n) is 12.9. The van der Waals surface area contributed by atoms with E-state index < -0.39 is 0 Å². The molecule has 2 aromatic rings. The standard InChI is InChI=1S/C17H22BN3/c1-12-11-16(20-15-5-3-2-4-6-15)21-17(19-12)13-7-9-14(18)10-8-13/h7-11,15H,2-6,18H2,1H3,(H,19,20,21). The second kappa shape index (κ2) is 6.29. The van der Waals surface area contributed by atoms with Crippen molar-refractivity contribution in [2.75, 3.05) is 5.32 Å². The van der Waals surface area contributed by atoms with Gasteiger partial charge in [0.05, 0.1) is 0 Å². The molecule has 1 N–H and O–H groups in total. The van der Waals surface area contributed by atoms with Crippen molar-refractivity contribution in [3.8, 4) is 11.4 Å². The van der Waals surface area contributed by atoms with Crippen molar-refractivity contribution in [3.05, 3.63) is 36.0 Å². The molecule has 0 unspecified atom stereocenters. The van der Waals surface area contributed by atoms with Gasteiger partial charge in [-0.15, -0.1) is 0 Å². The molecule has 1 aromatic carbocycles. The van der Waals surface area contributed by atoms with E-state index >= 15 is 0 Å². The molecule has 1 aromatic heterocycles. The second-order valence-electron chi connectivity index (χ2n) is 6.06. The van der Waals surface area contributed by atoms with Crippen LogP contribution in [0.25, 0.3) is 11.4 Å². The Morgan fingerprint density at radius 1 is 1.05 bits per heavy atom. The molecular weight excluding hydrogens is 257 g/mol. The molecule has 21 heavy (non-hydrogen) atoms. The minimum Gasteiger partial charge on any atom is -0.367 e. The molecule has 1 heterocycles. The van der Waals surface area contributed by atoms with Crippen molar-refractivity contribution < 1.29 is 0 Å². The van der Waals surface area contributed by atoms with Crippen molar-refractivity contribution in [1.82, 2.24) is 9.97 Å². The van der Waals surface area contributed by atoms with Crippen molar-refractivity contribution in [2.24, 2.45) is 0 Å². The molecular formula is C17H22BN3. The predicted octanol–water partition coefficient (Wildman–Crippen LogP) is 2.46. The lowest BCUT2D eigenvalue weighted by Gasteiger charge is -2.23. The largest absolute Gasteiger partial charge is 0.367 e. The Morgan fingerprint density at radius 3 is 2.48 bits per heavy atom. The normalized spacial score (nSPS) is 15.9. The van der Waals surface area contributed by atoms with Crippen molar-refractivity contribution in [2.45, 2.75) is 45.1 Å². The highest BCUT2D eigenvalue weighted by Crippen LogP contribution is 2.22. The number of hydrogen-bond donors (Lipinski definition) is 1. The van der Waals surface area contributed by atoms with Gasteiger partial charge < -0.3 is 5.32 Å². The van der Waals surface area contributed by atoms with Crippen LogP contribution in [0.2, 0.25) is 0 Å². The van der Waals surface area contributed by atoms with Crippen molar-refractivity contribution in [3.63, 3.8) is 0 Å². The maximum atomic E-state index is 4.71. The molecule has 0 radical (unpaired) electrons. The molecule has 108 valence electrons. The summed E-state index contributed by atoms with van der Waals surface area (Å²) in [5.41, 5.74) is 3.35. The number of anilines is 1. The van der Waals surface area contributed by atoms with Crippen LogP contribution in [0.3, 0.4) is 0 Å². The van der Waals surface area contributed by atoms with Crippen LogP contribution >= 0.6 is 0 Å². The Labute approximate surface area is 127 Å². The summed E-state index contributed by atoms with van der Waals surface area (Å²) in [6, 6.07) is 11.0. The molecule has 3 nitrogen and oxygen atoms in total. The average Bonchev–Trinajstić information content (AvgIpc) is 2.48. The SMILES string of the molecule is Bc1ccc(-c2nc(C)cc(NC3CCCCC3)n2)cc1. The maximum absolute atomic E-state index is 4.71. The number of nitrogens with zero attached hydrogens (tertiary/aromatic N) is 2. The summed E-state index contributed by atoms with van der Waals surface area (Å²) in [6.45, 7) is 2.03. The van der Waals surface area contributed by atoms with Crippen LogP contribution in [0.1, 0.15) is 37.8 Å². The molecule has 4 heteroatoms. The Morgan fingerprint density at radius 2 is 1.76 bits per heavy atom. The molecule has 3 rings (SSSR count). The van der Waals surface area contributed by atoms with Gasteiger partial charge in [0.2, 0.25) is 0 Å². The average molecular weight is 279 g/mol. The van der Waals surface area contributed by atoms with Crippen molar-refractivity contribution in [1.29, 1.82) is 0 Å². The lowest BCUT2D eigenvalue weighted by Crippen LogP contribution is -2.23. The van der Waals surface area contributed by atoms with Crippen LogP contribution in [0.15, 0.2) is 30.3 Å². The van der Waals surface area contributed by atoms with Gasteiger partial charge in [-0.1, -0.05) is 49.0 Å². The number of rotatable bonds is 3. The molecule has 1 saturated carbocycles. The van der Waals surface area contributed by atoms with E-state index in [9.17, 15) is 0 Å². The first-order valence-electron chi connectivity index (χ1n) is 7.90. The van der Waals surface area contributed by atoms with Gasteiger partial charge in [0.15, 0.2) is 5.82 Å². The third kappa shape index (κ3) is 3.63. The summed E-state index contributed by atoms with van der Waals surface area (Å²) < 4.78 is 0. The van der Waals surface area contributed by atoms with E-state index in [2.05, 4.69) is 42.4 Å². The summed E-state index contributed by atoms with van der Waals surface area (Å²) in [5.74, 6) is 1.78. The summed E-state index contributed by atoms with van der Waals surface area (Å²) in [6.07, 6.45) is 6.53. The third-order valence-corrected chi connectivity index (χ3v) is 4.12. The molecule has 1 aliphatic carbocycles. The van der Waals surface area contributed by atoms with Gasteiger partial charge in [-0.2, -0.15) is 0 Å². The number of aryl methyl sites for hydroxylation is 1. The third-order valence-electron chi connectivity index (χ3n) is 4.12. The molecule has 1 fully saturated rings. The van der Waals surface area contributed by atoms with Crippen LogP contribution in [0.5, 0.6) is 0 Å². The van der Waals surface area contributed by atoms with Crippen LogP contribution in [-0.4, -0.2) is 23.9 Å². The molecule has 0 atom stereocenters. The molecule has 0 spiro atoms. The summed E-state index contributed by atoms with van der Waals surface area (Å²) in [4.78, 5) is 9.28. The van der Waals surface area contributed by atoms with E-state index in [-0.39, 0.29) is 0 Å². The van der Waals surface area contributed by atoms with Gasteiger partial charge in [0.25, 0.3) is 0 Å². The number of aromatic nitrogens is 2. The van der Waals surface area contributed by atoms with Gasteiger partial charge in [0, 0.05) is 23.4 Å². The van der Waals surface area contributed by atoms with Gasteiger partial charge in [-0.05, 0) is 19.8 Å². The summed E-state index contributed by atoms with van der Waals surface area (Å²) >= 11 is 0. The fourth-order valence-electron chi connectivity index (χ4n) is 2.93. The van der Waals surface area contributed by atoms with Crippen LogP contribution < -0.4 is 10.8 Å². The van der Waals surface area contributed by atoms with Crippen LogP contribution in [-0.2, 0) is 0 Å². The Hall–Kier alpha value is -1.84. The van der Waals surface area contributed by atoms with Crippen LogP contribution in [0.4, 0.5) is 5.82 Å². The van der Waals surface area contributed by atoms with E-state index in [0.717, 1.165) is 22.9 Å². The first-order valence-corrected chi connectivity index (χ1v) is 7.90. The molecule has 0 amide bonds. The Kier molecular flexibility index (Phi) is 4.23. The van der Waals surface area contributed by atoms with E-state index in [1.165, 1.54) is 37.6 Å². The summed E-state index contributed by atoms with van der Waals surface area (Å²) in [5, 5.41) is 3.59. The zero-order valence-corrected chi connectivity index (χ0v) is 12.9. The lowest BCUT2D eigenvalue weighted by molar-refractivity contribution is 0.462. The highest BCUT2D eigenvalue weighted by atomic mass is 15.0. The second-order valence-corrected chi connectivity index (χ2v) is 6.06. The zero-order chi connectivity index (χ0) is 14.7. The topological polar surface area (TPSA) is 37.8 Å². The monoisotopic (exact) mass is 279 g/mol. The van der Waals surface area contributed by atoms with E-state index in [1.54, 1.807) is 0 Å². The lowest BCUT2D eigenvalue weighted by atomic mass is 9.95. The minimum absolute atomic E-state index is 0.568.